The molecule has 1 aromatic rings. The Kier molecular flexibility index (Phi) is 3.58. The van der Waals surface area contributed by atoms with Crippen LogP contribution in [-0.4, -0.2) is 34.1 Å². The molecular formula is C11H14F3N3O. The smallest absolute Gasteiger partial charge is 0.339 e. The summed E-state index contributed by atoms with van der Waals surface area (Å²) in [5.41, 5.74) is -1.44. The normalized spacial score (nSPS) is 17.6. The van der Waals surface area contributed by atoms with Crippen LogP contribution in [0.1, 0.15) is 41.7 Å². The molecule has 0 aromatic carbocycles. The Morgan fingerprint density at radius 3 is 2.39 bits per heavy atom. The molecule has 0 saturated carbocycles. The van der Waals surface area contributed by atoms with Crippen molar-refractivity contribution in [2.75, 3.05) is 13.1 Å². The number of alkyl halides is 3. The van der Waals surface area contributed by atoms with Crippen LogP contribution < -0.4 is 0 Å². The van der Waals surface area contributed by atoms with E-state index in [1.54, 1.807) is 0 Å². The Balaban J connectivity index is 2.20. The SMILES string of the molecule is O=C(c1cn[nH]c1C(F)(F)F)N1CCCCCC1. The fraction of sp³-hybridized carbons (Fsp3) is 0.636. The molecule has 1 aliphatic rings. The molecule has 1 aliphatic heterocycles. The number of hydrogen-bond acceptors (Lipinski definition) is 2. The Morgan fingerprint density at radius 1 is 1.22 bits per heavy atom. The van der Waals surface area contributed by atoms with E-state index in [-0.39, 0.29) is 5.56 Å². The second-order valence-corrected chi connectivity index (χ2v) is 4.36. The molecule has 1 saturated heterocycles. The molecule has 100 valence electrons. The lowest BCUT2D eigenvalue weighted by Crippen LogP contribution is -2.33. The largest absolute Gasteiger partial charge is 0.433 e. The first-order valence-corrected chi connectivity index (χ1v) is 5.90. The molecule has 2 rings (SSSR count). The zero-order chi connectivity index (χ0) is 13.2. The van der Waals surface area contributed by atoms with E-state index in [0.717, 1.165) is 31.9 Å². The highest BCUT2D eigenvalue weighted by molar-refractivity contribution is 5.95. The van der Waals surface area contributed by atoms with Gasteiger partial charge in [-0.1, -0.05) is 12.8 Å². The highest BCUT2D eigenvalue weighted by Gasteiger charge is 2.38. The first kappa shape index (κ1) is 12.9. The first-order valence-electron chi connectivity index (χ1n) is 5.90. The number of carbonyl (C=O) groups is 1. The Bertz CT molecular complexity index is 419. The van der Waals surface area contributed by atoms with Crippen LogP contribution in [0.4, 0.5) is 13.2 Å². The van der Waals surface area contributed by atoms with Crippen molar-refractivity contribution in [3.05, 3.63) is 17.5 Å². The molecule has 0 aliphatic carbocycles. The van der Waals surface area contributed by atoms with E-state index in [2.05, 4.69) is 5.10 Å². The lowest BCUT2D eigenvalue weighted by atomic mass is 10.2. The van der Waals surface area contributed by atoms with E-state index in [4.69, 9.17) is 0 Å². The zero-order valence-corrected chi connectivity index (χ0v) is 9.76. The Labute approximate surface area is 102 Å². The second-order valence-electron chi connectivity index (χ2n) is 4.36. The van der Waals surface area contributed by atoms with Crippen LogP contribution in [0.15, 0.2) is 6.20 Å². The van der Waals surface area contributed by atoms with Gasteiger partial charge in [0.1, 0.15) is 0 Å². The summed E-state index contributed by atoms with van der Waals surface area (Å²) in [5, 5.41) is 5.19. The number of aromatic amines is 1. The summed E-state index contributed by atoms with van der Waals surface area (Å²) in [6.45, 7) is 1.03. The third-order valence-corrected chi connectivity index (χ3v) is 3.05. The lowest BCUT2D eigenvalue weighted by Gasteiger charge is -2.20. The lowest BCUT2D eigenvalue weighted by molar-refractivity contribution is -0.141. The van der Waals surface area contributed by atoms with E-state index < -0.39 is 17.8 Å². The van der Waals surface area contributed by atoms with E-state index in [1.165, 1.54) is 4.90 Å². The molecule has 1 amide bonds. The summed E-state index contributed by atoms with van der Waals surface area (Å²) < 4.78 is 37.9. The molecule has 1 fully saturated rings. The summed E-state index contributed by atoms with van der Waals surface area (Å²) in [7, 11) is 0. The molecular weight excluding hydrogens is 247 g/mol. The van der Waals surface area contributed by atoms with Gasteiger partial charge in [-0.05, 0) is 12.8 Å². The van der Waals surface area contributed by atoms with Crippen LogP contribution in [0.3, 0.4) is 0 Å². The van der Waals surface area contributed by atoms with Gasteiger partial charge in [0.2, 0.25) is 0 Å². The van der Waals surface area contributed by atoms with Gasteiger partial charge >= 0.3 is 6.18 Å². The van der Waals surface area contributed by atoms with E-state index >= 15 is 0 Å². The maximum atomic E-state index is 12.6. The fourth-order valence-electron chi connectivity index (χ4n) is 2.11. The minimum Gasteiger partial charge on any atom is -0.339 e. The van der Waals surface area contributed by atoms with Crippen molar-refractivity contribution >= 4 is 5.91 Å². The number of aromatic nitrogens is 2. The van der Waals surface area contributed by atoms with Crippen molar-refractivity contribution in [2.45, 2.75) is 31.9 Å². The molecule has 1 N–H and O–H groups in total. The fourth-order valence-corrected chi connectivity index (χ4v) is 2.11. The van der Waals surface area contributed by atoms with Crippen LogP contribution in [0.25, 0.3) is 0 Å². The first-order chi connectivity index (χ1) is 8.50. The number of rotatable bonds is 1. The van der Waals surface area contributed by atoms with Gasteiger partial charge in [-0.3, -0.25) is 9.89 Å². The van der Waals surface area contributed by atoms with E-state index in [1.807, 2.05) is 5.10 Å². The number of likely N-dealkylation sites (tertiary alicyclic amines) is 1. The molecule has 0 atom stereocenters. The predicted molar refractivity (Wildman–Crippen MR) is 58.0 cm³/mol. The molecule has 4 nitrogen and oxygen atoms in total. The van der Waals surface area contributed by atoms with Crippen LogP contribution in [0.5, 0.6) is 0 Å². The number of H-pyrrole nitrogens is 1. The van der Waals surface area contributed by atoms with Gasteiger partial charge in [0.15, 0.2) is 5.69 Å². The molecule has 7 heteroatoms. The second kappa shape index (κ2) is 4.99. The van der Waals surface area contributed by atoms with Crippen molar-refractivity contribution in [2.24, 2.45) is 0 Å². The number of hydrogen-bond donors (Lipinski definition) is 1. The maximum absolute atomic E-state index is 12.6. The van der Waals surface area contributed by atoms with Gasteiger partial charge in [0, 0.05) is 13.1 Å². The van der Waals surface area contributed by atoms with Gasteiger partial charge in [0.25, 0.3) is 5.91 Å². The van der Waals surface area contributed by atoms with Gasteiger partial charge < -0.3 is 4.90 Å². The van der Waals surface area contributed by atoms with Crippen molar-refractivity contribution in [1.29, 1.82) is 0 Å². The standard InChI is InChI=1S/C11H14F3N3O/c12-11(13,14)9-8(7-15-16-9)10(18)17-5-3-1-2-4-6-17/h7H,1-6H2,(H,15,16). The van der Waals surface area contributed by atoms with E-state index in [0.29, 0.717) is 13.1 Å². The van der Waals surface area contributed by atoms with Crippen LogP contribution in [0, 0.1) is 0 Å². The molecule has 0 radical (unpaired) electrons. The number of nitrogens with one attached hydrogen (secondary N) is 1. The van der Waals surface area contributed by atoms with Gasteiger partial charge in [0.05, 0.1) is 11.8 Å². The zero-order valence-electron chi connectivity index (χ0n) is 9.76. The third kappa shape index (κ3) is 2.65. The van der Waals surface area contributed by atoms with Gasteiger partial charge in [-0.2, -0.15) is 18.3 Å². The summed E-state index contributed by atoms with van der Waals surface area (Å²) in [6.07, 6.45) is 0.0852. The number of halogens is 3. The van der Waals surface area contributed by atoms with Crippen LogP contribution >= 0.6 is 0 Å². The highest BCUT2D eigenvalue weighted by Crippen LogP contribution is 2.30. The molecule has 0 bridgehead atoms. The Morgan fingerprint density at radius 2 is 1.83 bits per heavy atom. The van der Waals surface area contributed by atoms with Crippen LogP contribution in [-0.2, 0) is 6.18 Å². The average molecular weight is 261 g/mol. The third-order valence-electron chi connectivity index (χ3n) is 3.05. The van der Waals surface area contributed by atoms with E-state index in [9.17, 15) is 18.0 Å². The number of amides is 1. The summed E-state index contributed by atoms with van der Waals surface area (Å²) in [4.78, 5) is 13.5. The molecule has 0 spiro atoms. The van der Waals surface area contributed by atoms with Crippen molar-refractivity contribution in [3.8, 4) is 0 Å². The van der Waals surface area contributed by atoms with Crippen molar-refractivity contribution in [3.63, 3.8) is 0 Å². The molecule has 1 aromatic heterocycles. The highest BCUT2D eigenvalue weighted by atomic mass is 19.4. The quantitative estimate of drug-likeness (QED) is 0.844. The molecule has 2 heterocycles. The maximum Gasteiger partial charge on any atom is 0.433 e. The average Bonchev–Trinajstić information content (AvgIpc) is 2.64. The van der Waals surface area contributed by atoms with Gasteiger partial charge in [-0.25, -0.2) is 0 Å². The van der Waals surface area contributed by atoms with Gasteiger partial charge in [-0.15, -0.1) is 0 Å². The molecule has 0 unspecified atom stereocenters. The minimum atomic E-state index is -4.58. The number of nitrogens with zero attached hydrogens (tertiary/aromatic N) is 2. The minimum absolute atomic E-state index is 0.385. The van der Waals surface area contributed by atoms with Crippen LogP contribution in [0.2, 0.25) is 0 Å². The van der Waals surface area contributed by atoms with Crippen molar-refractivity contribution in [1.82, 2.24) is 15.1 Å². The monoisotopic (exact) mass is 261 g/mol. The topological polar surface area (TPSA) is 49.0 Å². The Hall–Kier alpha value is -1.53. The van der Waals surface area contributed by atoms with Crippen molar-refractivity contribution < 1.29 is 18.0 Å². The summed E-state index contributed by atoms with van der Waals surface area (Å²) in [6, 6.07) is 0. The predicted octanol–water partition coefficient (Wildman–Crippen LogP) is 2.44. The number of carbonyl (C=O) groups excluding carboxylic acids is 1. The summed E-state index contributed by atoms with van der Waals surface area (Å²) in [5.74, 6) is -0.585. The summed E-state index contributed by atoms with van der Waals surface area (Å²) >= 11 is 0. The molecule has 18 heavy (non-hydrogen) atoms.